The lowest BCUT2D eigenvalue weighted by Gasteiger charge is -2.08. The van der Waals surface area contributed by atoms with Gasteiger partial charge in [-0.05, 0) is 52.2 Å². The zero-order valence-electron chi connectivity index (χ0n) is 11.4. The molecule has 3 rings (SSSR count). The highest BCUT2D eigenvalue weighted by Gasteiger charge is 2.08. The second-order valence-corrected chi connectivity index (χ2v) is 5.97. The fourth-order valence-electron chi connectivity index (χ4n) is 2.37. The Labute approximate surface area is 137 Å². The molecule has 0 aliphatic carbocycles. The van der Waals surface area contributed by atoms with Gasteiger partial charge >= 0.3 is 0 Å². The molecule has 0 atom stereocenters. The molecule has 1 heterocycles. The first kappa shape index (κ1) is 14.1. The average Bonchev–Trinajstić information content (AvgIpc) is 2.91. The Bertz CT molecular complexity index is 779. The van der Waals surface area contributed by atoms with Crippen molar-refractivity contribution in [2.75, 3.05) is 6.54 Å². The number of benzene rings is 2. The van der Waals surface area contributed by atoms with Crippen molar-refractivity contribution in [3.63, 3.8) is 0 Å². The minimum absolute atomic E-state index is 0.0172. The van der Waals surface area contributed by atoms with Gasteiger partial charge in [0.1, 0.15) is 0 Å². The van der Waals surface area contributed by atoms with E-state index in [2.05, 4.69) is 56.9 Å². The van der Waals surface area contributed by atoms with Gasteiger partial charge in [-0.25, -0.2) is 0 Å². The molecule has 0 aliphatic rings. The van der Waals surface area contributed by atoms with Crippen molar-refractivity contribution in [2.24, 2.45) is 0 Å². The van der Waals surface area contributed by atoms with Crippen LogP contribution in [0.15, 0.2) is 60.8 Å². The van der Waals surface area contributed by atoms with Gasteiger partial charge in [0, 0.05) is 28.4 Å². The summed E-state index contributed by atoms with van der Waals surface area (Å²) in [5, 5.41) is 4.20. The van der Waals surface area contributed by atoms with Crippen LogP contribution in [0.1, 0.15) is 10.4 Å². The van der Waals surface area contributed by atoms with Crippen LogP contribution in [0.3, 0.4) is 0 Å². The molecule has 1 N–H and O–H groups in total. The fourth-order valence-corrected chi connectivity index (χ4v) is 3.00. The third kappa shape index (κ3) is 3.10. The first-order valence-electron chi connectivity index (χ1n) is 6.82. The van der Waals surface area contributed by atoms with Crippen LogP contribution >= 0.6 is 22.6 Å². The van der Waals surface area contributed by atoms with E-state index in [0.29, 0.717) is 6.54 Å². The largest absolute Gasteiger partial charge is 0.350 e. The molecule has 3 aromatic rings. The molecule has 0 saturated heterocycles. The standard InChI is InChI=1S/C17H15IN2O/c18-15-7-3-2-6-14(15)17(21)19-10-12-20-11-9-13-5-1-4-8-16(13)20/h1-9,11H,10,12H2,(H,19,21). The van der Waals surface area contributed by atoms with Gasteiger partial charge in [-0.2, -0.15) is 0 Å². The van der Waals surface area contributed by atoms with Crippen LogP contribution in [0, 0.1) is 3.57 Å². The molecule has 0 spiro atoms. The Morgan fingerprint density at radius 3 is 2.67 bits per heavy atom. The van der Waals surface area contributed by atoms with Crippen molar-refractivity contribution < 1.29 is 4.79 Å². The van der Waals surface area contributed by atoms with E-state index in [4.69, 9.17) is 0 Å². The molecular weight excluding hydrogens is 375 g/mol. The summed E-state index contributed by atoms with van der Waals surface area (Å²) in [5.41, 5.74) is 1.93. The second kappa shape index (κ2) is 6.30. The number of carbonyl (C=O) groups excluding carboxylic acids is 1. The van der Waals surface area contributed by atoms with Gasteiger partial charge in [0.15, 0.2) is 0 Å². The van der Waals surface area contributed by atoms with E-state index in [9.17, 15) is 4.79 Å². The van der Waals surface area contributed by atoms with Crippen molar-refractivity contribution in [3.8, 4) is 0 Å². The minimum Gasteiger partial charge on any atom is -0.350 e. The summed E-state index contributed by atoms with van der Waals surface area (Å²) in [7, 11) is 0. The zero-order chi connectivity index (χ0) is 14.7. The SMILES string of the molecule is O=C(NCCn1ccc2ccccc21)c1ccccc1I. The normalized spacial score (nSPS) is 10.7. The Hall–Kier alpha value is -1.82. The summed E-state index contributed by atoms with van der Waals surface area (Å²) >= 11 is 2.18. The Morgan fingerprint density at radius 1 is 1.05 bits per heavy atom. The van der Waals surface area contributed by atoms with E-state index >= 15 is 0 Å². The highest BCUT2D eigenvalue weighted by molar-refractivity contribution is 14.1. The molecule has 0 saturated carbocycles. The number of para-hydroxylation sites is 1. The molecule has 106 valence electrons. The maximum Gasteiger partial charge on any atom is 0.252 e. The van der Waals surface area contributed by atoms with E-state index in [1.807, 2.05) is 36.4 Å². The van der Waals surface area contributed by atoms with E-state index in [-0.39, 0.29) is 5.91 Å². The summed E-state index contributed by atoms with van der Waals surface area (Å²) in [5.74, 6) is -0.0172. The van der Waals surface area contributed by atoms with Crippen LogP contribution in [0.5, 0.6) is 0 Å². The van der Waals surface area contributed by atoms with E-state index in [1.165, 1.54) is 10.9 Å². The van der Waals surface area contributed by atoms with Crippen molar-refractivity contribution in [1.82, 2.24) is 9.88 Å². The third-order valence-electron chi connectivity index (χ3n) is 3.44. The Morgan fingerprint density at radius 2 is 1.81 bits per heavy atom. The van der Waals surface area contributed by atoms with E-state index < -0.39 is 0 Å². The van der Waals surface area contributed by atoms with Gasteiger partial charge in [-0.15, -0.1) is 0 Å². The van der Waals surface area contributed by atoms with Crippen LogP contribution in [0.25, 0.3) is 10.9 Å². The Kier molecular flexibility index (Phi) is 4.24. The first-order valence-corrected chi connectivity index (χ1v) is 7.90. The lowest BCUT2D eigenvalue weighted by atomic mass is 10.2. The van der Waals surface area contributed by atoms with Gasteiger partial charge in [0.25, 0.3) is 5.91 Å². The molecule has 1 amide bonds. The predicted molar refractivity (Wildman–Crippen MR) is 93.4 cm³/mol. The molecule has 0 radical (unpaired) electrons. The van der Waals surface area contributed by atoms with Crippen molar-refractivity contribution >= 4 is 39.4 Å². The summed E-state index contributed by atoms with van der Waals surface area (Å²) < 4.78 is 3.13. The summed E-state index contributed by atoms with van der Waals surface area (Å²) in [6.07, 6.45) is 2.06. The molecule has 0 aliphatic heterocycles. The third-order valence-corrected chi connectivity index (χ3v) is 4.38. The zero-order valence-corrected chi connectivity index (χ0v) is 13.6. The number of rotatable bonds is 4. The number of aromatic nitrogens is 1. The number of hydrogen-bond donors (Lipinski definition) is 1. The van der Waals surface area contributed by atoms with Crippen molar-refractivity contribution in [1.29, 1.82) is 0 Å². The van der Waals surface area contributed by atoms with Crippen LogP contribution in [0.4, 0.5) is 0 Å². The predicted octanol–water partition coefficient (Wildman–Crippen LogP) is 3.68. The van der Waals surface area contributed by atoms with Crippen LogP contribution in [-0.2, 0) is 6.54 Å². The Balaban J connectivity index is 1.64. The summed E-state index contributed by atoms with van der Waals surface area (Å²) in [6.45, 7) is 1.38. The molecule has 21 heavy (non-hydrogen) atoms. The lowest BCUT2D eigenvalue weighted by Crippen LogP contribution is -2.27. The molecule has 0 unspecified atom stereocenters. The maximum atomic E-state index is 12.1. The molecular formula is C17H15IN2O. The van der Waals surface area contributed by atoms with Gasteiger partial charge in [0.05, 0.1) is 5.56 Å². The quantitative estimate of drug-likeness (QED) is 0.678. The van der Waals surface area contributed by atoms with E-state index in [1.54, 1.807) is 0 Å². The monoisotopic (exact) mass is 390 g/mol. The summed E-state index contributed by atoms with van der Waals surface area (Å²) in [6, 6.07) is 18.0. The molecule has 0 fully saturated rings. The highest BCUT2D eigenvalue weighted by atomic mass is 127. The molecule has 2 aromatic carbocycles. The molecule has 1 aromatic heterocycles. The van der Waals surface area contributed by atoms with Crippen LogP contribution in [0.2, 0.25) is 0 Å². The number of hydrogen-bond acceptors (Lipinski definition) is 1. The molecule has 4 heteroatoms. The van der Waals surface area contributed by atoms with Gasteiger partial charge in [0.2, 0.25) is 0 Å². The van der Waals surface area contributed by atoms with Gasteiger partial charge < -0.3 is 9.88 Å². The van der Waals surface area contributed by atoms with Crippen LogP contribution in [-0.4, -0.2) is 17.0 Å². The number of halogens is 1. The average molecular weight is 390 g/mol. The second-order valence-electron chi connectivity index (χ2n) is 4.80. The molecule has 0 bridgehead atoms. The minimum atomic E-state index is -0.0172. The highest BCUT2D eigenvalue weighted by Crippen LogP contribution is 2.14. The van der Waals surface area contributed by atoms with Gasteiger partial charge in [-0.1, -0.05) is 30.3 Å². The number of amides is 1. The van der Waals surface area contributed by atoms with Crippen molar-refractivity contribution in [2.45, 2.75) is 6.54 Å². The number of nitrogens with zero attached hydrogens (tertiary/aromatic N) is 1. The smallest absolute Gasteiger partial charge is 0.252 e. The van der Waals surface area contributed by atoms with Crippen LogP contribution < -0.4 is 5.32 Å². The summed E-state index contributed by atoms with van der Waals surface area (Å²) in [4.78, 5) is 12.1. The first-order chi connectivity index (χ1) is 10.3. The number of fused-ring (bicyclic) bond motifs is 1. The maximum absolute atomic E-state index is 12.1. The fraction of sp³-hybridized carbons (Fsp3) is 0.118. The van der Waals surface area contributed by atoms with E-state index in [0.717, 1.165) is 15.7 Å². The van der Waals surface area contributed by atoms with Gasteiger partial charge in [-0.3, -0.25) is 4.79 Å². The lowest BCUT2D eigenvalue weighted by molar-refractivity contribution is 0.0951. The topological polar surface area (TPSA) is 34.0 Å². The molecule has 3 nitrogen and oxygen atoms in total. The number of carbonyl (C=O) groups is 1. The van der Waals surface area contributed by atoms with Crippen molar-refractivity contribution in [3.05, 3.63) is 69.9 Å². The number of nitrogens with one attached hydrogen (secondary N) is 1.